The van der Waals surface area contributed by atoms with Crippen LogP contribution in [0.1, 0.15) is 18.1 Å². The molecule has 0 saturated carbocycles. The Morgan fingerprint density at radius 2 is 1.39 bits per heavy atom. The van der Waals surface area contributed by atoms with E-state index in [1.807, 2.05) is 36.4 Å². The van der Waals surface area contributed by atoms with Crippen LogP contribution in [-0.4, -0.2) is 19.6 Å². The van der Waals surface area contributed by atoms with Gasteiger partial charge in [-0.05, 0) is 42.3 Å². The standard InChI is InChI=1S/C20H25N3/c1-2-23(16-15-21)20-13-9-18(10-14-20)6-4-3-5-17-7-11-19(22)12-8-17/h3-14H,2,15-16,21-22H2,1H3/b5-3+,6-4+. The van der Waals surface area contributed by atoms with Gasteiger partial charge in [-0.1, -0.05) is 48.6 Å². The molecule has 0 aromatic heterocycles. The molecule has 0 bridgehead atoms. The van der Waals surface area contributed by atoms with Crippen molar-refractivity contribution in [1.29, 1.82) is 0 Å². The Morgan fingerprint density at radius 3 is 1.87 bits per heavy atom. The van der Waals surface area contributed by atoms with Gasteiger partial charge >= 0.3 is 0 Å². The zero-order chi connectivity index (χ0) is 16.5. The first-order valence-electron chi connectivity index (χ1n) is 7.98. The minimum Gasteiger partial charge on any atom is -0.399 e. The molecule has 0 aliphatic heterocycles. The van der Waals surface area contributed by atoms with E-state index in [0.29, 0.717) is 6.54 Å². The number of hydrogen-bond acceptors (Lipinski definition) is 3. The van der Waals surface area contributed by atoms with Crippen LogP contribution >= 0.6 is 0 Å². The van der Waals surface area contributed by atoms with Crippen LogP contribution in [0.25, 0.3) is 12.2 Å². The molecule has 2 aromatic carbocycles. The molecule has 0 heterocycles. The van der Waals surface area contributed by atoms with Crippen LogP contribution in [0.15, 0.2) is 60.7 Å². The molecule has 2 aromatic rings. The van der Waals surface area contributed by atoms with Gasteiger partial charge in [-0.25, -0.2) is 0 Å². The summed E-state index contributed by atoms with van der Waals surface area (Å²) in [6, 6.07) is 16.4. The van der Waals surface area contributed by atoms with Crippen LogP contribution < -0.4 is 16.4 Å². The fourth-order valence-corrected chi connectivity index (χ4v) is 2.36. The van der Waals surface area contributed by atoms with E-state index in [9.17, 15) is 0 Å². The molecule has 0 aliphatic carbocycles. The van der Waals surface area contributed by atoms with Crippen molar-refractivity contribution in [2.24, 2.45) is 5.73 Å². The van der Waals surface area contributed by atoms with Crippen molar-refractivity contribution < 1.29 is 0 Å². The summed E-state index contributed by atoms with van der Waals surface area (Å²) in [5, 5.41) is 0. The number of benzene rings is 2. The lowest BCUT2D eigenvalue weighted by Gasteiger charge is -2.22. The SMILES string of the molecule is CCN(CCN)c1ccc(/C=C/C=C/c2ccc(N)cc2)cc1. The molecule has 23 heavy (non-hydrogen) atoms. The number of rotatable bonds is 7. The molecule has 0 saturated heterocycles. The number of nitrogens with zero attached hydrogens (tertiary/aromatic N) is 1. The lowest BCUT2D eigenvalue weighted by molar-refractivity contribution is 0.817. The topological polar surface area (TPSA) is 55.3 Å². The summed E-state index contributed by atoms with van der Waals surface area (Å²) in [5.41, 5.74) is 15.6. The molecular weight excluding hydrogens is 282 g/mol. The third-order valence-corrected chi connectivity index (χ3v) is 3.66. The molecule has 0 fully saturated rings. The molecule has 4 N–H and O–H groups in total. The predicted octanol–water partition coefficient (Wildman–Crippen LogP) is 3.78. The maximum absolute atomic E-state index is 5.67. The van der Waals surface area contributed by atoms with E-state index >= 15 is 0 Å². The van der Waals surface area contributed by atoms with Crippen LogP contribution in [0.2, 0.25) is 0 Å². The Balaban J connectivity index is 1.96. The molecule has 0 spiro atoms. The van der Waals surface area contributed by atoms with E-state index in [1.165, 1.54) is 11.3 Å². The first-order chi connectivity index (χ1) is 11.2. The highest BCUT2D eigenvalue weighted by Gasteiger charge is 2.01. The maximum Gasteiger partial charge on any atom is 0.0366 e. The van der Waals surface area contributed by atoms with Gasteiger partial charge in [0.1, 0.15) is 0 Å². The molecule has 3 nitrogen and oxygen atoms in total. The second-order valence-electron chi connectivity index (χ2n) is 5.34. The molecule has 3 heteroatoms. The zero-order valence-electron chi connectivity index (χ0n) is 13.7. The van der Waals surface area contributed by atoms with E-state index in [4.69, 9.17) is 11.5 Å². The van der Waals surface area contributed by atoms with Crippen molar-refractivity contribution in [3.63, 3.8) is 0 Å². The van der Waals surface area contributed by atoms with Gasteiger partial charge in [-0.3, -0.25) is 0 Å². The third-order valence-electron chi connectivity index (χ3n) is 3.66. The lowest BCUT2D eigenvalue weighted by atomic mass is 10.1. The first kappa shape index (κ1) is 16.8. The Bertz CT molecular complexity index is 640. The smallest absolute Gasteiger partial charge is 0.0366 e. The number of nitrogen functional groups attached to an aromatic ring is 1. The molecule has 2 rings (SSSR count). The summed E-state index contributed by atoms with van der Waals surface area (Å²) in [5.74, 6) is 0. The zero-order valence-corrected chi connectivity index (χ0v) is 13.7. The first-order valence-corrected chi connectivity index (χ1v) is 7.98. The summed E-state index contributed by atoms with van der Waals surface area (Å²) in [6.07, 6.45) is 8.23. The summed E-state index contributed by atoms with van der Waals surface area (Å²) in [7, 11) is 0. The van der Waals surface area contributed by atoms with Crippen LogP contribution in [-0.2, 0) is 0 Å². The highest BCUT2D eigenvalue weighted by atomic mass is 15.1. The summed E-state index contributed by atoms with van der Waals surface area (Å²) in [6.45, 7) is 4.67. The monoisotopic (exact) mass is 307 g/mol. The van der Waals surface area contributed by atoms with Gasteiger partial charge in [0.05, 0.1) is 0 Å². The van der Waals surface area contributed by atoms with Gasteiger partial charge in [0.15, 0.2) is 0 Å². The van der Waals surface area contributed by atoms with Gasteiger partial charge < -0.3 is 16.4 Å². The molecule has 120 valence electrons. The third kappa shape index (κ3) is 5.31. The van der Waals surface area contributed by atoms with Crippen LogP contribution in [0.3, 0.4) is 0 Å². The second kappa shape index (κ2) is 8.81. The van der Waals surface area contributed by atoms with Crippen LogP contribution in [0.5, 0.6) is 0 Å². The van der Waals surface area contributed by atoms with Gasteiger partial charge in [0.25, 0.3) is 0 Å². The Hall–Kier alpha value is -2.52. The van der Waals surface area contributed by atoms with E-state index in [0.717, 1.165) is 24.3 Å². The van der Waals surface area contributed by atoms with Crippen molar-refractivity contribution in [3.8, 4) is 0 Å². The quantitative estimate of drug-likeness (QED) is 0.604. The number of nitrogens with two attached hydrogens (primary N) is 2. The maximum atomic E-state index is 5.67. The number of likely N-dealkylation sites (N-methyl/N-ethyl adjacent to an activating group) is 1. The summed E-state index contributed by atoms with van der Waals surface area (Å²) < 4.78 is 0. The van der Waals surface area contributed by atoms with Crippen molar-refractivity contribution in [2.75, 3.05) is 30.3 Å². The largest absolute Gasteiger partial charge is 0.399 e. The number of allylic oxidation sites excluding steroid dienone is 2. The molecular formula is C20H25N3. The van der Waals surface area contributed by atoms with E-state index in [2.05, 4.69) is 48.2 Å². The van der Waals surface area contributed by atoms with Crippen molar-refractivity contribution >= 4 is 23.5 Å². The Labute approximate surface area is 138 Å². The average molecular weight is 307 g/mol. The van der Waals surface area contributed by atoms with E-state index in [1.54, 1.807) is 0 Å². The minimum absolute atomic E-state index is 0.672. The second-order valence-corrected chi connectivity index (χ2v) is 5.34. The summed E-state index contributed by atoms with van der Waals surface area (Å²) >= 11 is 0. The Kier molecular flexibility index (Phi) is 6.45. The van der Waals surface area contributed by atoms with Crippen molar-refractivity contribution in [2.45, 2.75) is 6.92 Å². The predicted molar refractivity (Wildman–Crippen MR) is 102 cm³/mol. The van der Waals surface area contributed by atoms with E-state index < -0.39 is 0 Å². The molecule has 0 amide bonds. The average Bonchev–Trinajstić information content (AvgIpc) is 2.59. The van der Waals surface area contributed by atoms with Gasteiger partial charge in [-0.2, -0.15) is 0 Å². The van der Waals surface area contributed by atoms with Crippen molar-refractivity contribution in [3.05, 3.63) is 71.8 Å². The van der Waals surface area contributed by atoms with E-state index in [-0.39, 0.29) is 0 Å². The molecule has 0 unspecified atom stereocenters. The van der Waals surface area contributed by atoms with Crippen LogP contribution in [0, 0.1) is 0 Å². The van der Waals surface area contributed by atoms with Crippen molar-refractivity contribution in [1.82, 2.24) is 0 Å². The fourth-order valence-electron chi connectivity index (χ4n) is 2.36. The van der Waals surface area contributed by atoms with Gasteiger partial charge in [0, 0.05) is 31.0 Å². The molecule has 0 radical (unpaired) electrons. The minimum atomic E-state index is 0.672. The summed E-state index contributed by atoms with van der Waals surface area (Å²) in [4.78, 5) is 2.27. The number of hydrogen-bond donors (Lipinski definition) is 2. The normalized spacial score (nSPS) is 11.4. The molecule has 0 atom stereocenters. The van der Waals surface area contributed by atoms with Crippen LogP contribution in [0.4, 0.5) is 11.4 Å². The van der Waals surface area contributed by atoms with Gasteiger partial charge in [0.2, 0.25) is 0 Å². The Morgan fingerprint density at radius 1 is 0.870 bits per heavy atom. The number of anilines is 2. The van der Waals surface area contributed by atoms with Gasteiger partial charge in [-0.15, -0.1) is 0 Å². The fraction of sp³-hybridized carbons (Fsp3) is 0.200. The lowest BCUT2D eigenvalue weighted by Crippen LogP contribution is -2.28. The highest BCUT2D eigenvalue weighted by Crippen LogP contribution is 2.15. The highest BCUT2D eigenvalue weighted by molar-refractivity contribution is 5.60. The molecule has 0 aliphatic rings.